The molecule has 362 valence electrons. The fraction of sp³-hybridized carbons (Fsp3) is 0.538. The van der Waals surface area contributed by atoms with Crippen molar-refractivity contribution in [1.29, 1.82) is 0 Å². The normalized spacial score (nSPS) is 11.2. The first kappa shape index (κ1) is 64.5. The number of rotatable bonds is 16. The van der Waals surface area contributed by atoms with Crippen molar-refractivity contribution in [2.75, 3.05) is 0 Å². The van der Waals surface area contributed by atoms with Crippen LogP contribution in [-0.4, -0.2) is 45.3 Å². The third-order valence-electron chi connectivity index (χ3n) is 11.3. The van der Waals surface area contributed by atoms with E-state index in [2.05, 4.69) is 211 Å². The van der Waals surface area contributed by atoms with Crippen LogP contribution >= 0.6 is 31.7 Å². The van der Waals surface area contributed by atoms with Crippen molar-refractivity contribution in [2.45, 2.75) is 184 Å². The zero-order valence-electron chi connectivity index (χ0n) is 42.8. The van der Waals surface area contributed by atoms with Gasteiger partial charge in [0.2, 0.25) is 0 Å². The molecule has 0 spiro atoms. The monoisotopic (exact) mass is 1040 g/mol. The Morgan fingerprint density at radius 2 is 0.453 bits per heavy atom. The molecule has 4 aromatic carbocycles. The van der Waals surface area contributed by atoms with Gasteiger partial charge in [-0.3, -0.25) is 0 Å². The van der Waals surface area contributed by atoms with E-state index in [1.54, 1.807) is 0 Å². The van der Waals surface area contributed by atoms with Gasteiger partial charge in [-0.05, 0) is 185 Å². The molecule has 0 aliphatic heterocycles. The van der Waals surface area contributed by atoms with Crippen molar-refractivity contribution in [3.63, 3.8) is 0 Å². The Balaban J connectivity index is 0. The molecule has 0 unspecified atom stereocenters. The second-order valence-electron chi connectivity index (χ2n) is 19.4. The van der Waals surface area contributed by atoms with E-state index in [0.717, 1.165) is 0 Å². The zero-order valence-corrected chi connectivity index (χ0v) is 48.8. The second-order valence-corrected chi connectivity index (χ2v) is 34.4. The Hall–Kier alpha value is -1.61. The molecule has 0 amide bonds. The van der Waals surface area contributed by atoms with E-state index >= 15 is 0 Å². The summed E-state index contributed by atoms with van der Waals surface area (Å²) < 4.78 is 0. The van der Waals surface area contributed by atoms with Crippen LogP contribution in [0.2, 0.25) is 0 Å². The van der Waals surface area contributed by atoms with E-state index < -0.39 is 31.7 Å². The van der Waals surface area contributed by atoms with Crippen LogP contribution in [0.15, 0.2) is 72.8 Å². The Bertz CT molecular complexity index is 1650. The van der Waals surface area contributed by atoms with E-state index in [-0.39, 0.29) is 33.0 Å². The summed E-state index contributed by atoms with van der Waals surface area (Å²) in [6, 6.07) is 27.6. The van der Waals surface area contributed by atoms with E-state index in [1.165, 1.54) is 66.2 Å². The van der Waals surface area contributed by atoms with E-state index in [1.807, 2.05) is 0 Å². The average molecular weight is 1040 g/mol. The first-order valence-electron chi connectivity index (χ1n) is 22.8. The SMILES string of the molecule is Cc1ccc([N-]c2ccc(C)cc2[PH+](C(C)C)C(C)C)c([PH+](C(C)C)C(C)C)c1.Cc1ccc([N-]c2ccc(C)cc2[PH+](C(C)C)C(C)C)c([PH+](C(C)C)C(C)C)c1.[N]=O.[N]=O.[Ni].[Ni]. The maximum atomic E-state index is 7.25. The average Bonchev–Trinajstić information content (AvgIpc) is 3.16. The van der Waals surface area contributed by atoms with Gasteiger partial charge in [0.1, 0.15) is 11.2 Å². The number of aryl methyl sites for hydroxylation is 4. The Morgan fingerprint density at radius 1 is 0.312 bits per heavy atom. The molecule has 0 atom stereocenters. The molecule has 6 nitrogen and oxygen atoms in total. The fourth-order valence-electron chi connectivity index (χ4n) is 9.33. The number of hydrogen-bond donors (Lipinski definition) is 0. The van der Waals surface area contributed by atoms with Crippen molar-refractivity contribution in [3.8, 4) is 0 Å². The van der Waals surface area contributed by atoms with E-state index in [4.69, 9.17) is 31.6 Å². The van der Waals surface area contributed by atoms with Gasteiger partial charge in [0.05, 0.1) is 66.5 Å². The van der Waals surface area contributed by atoms with Gasteiger partial charge in [-0.1, -0.05) is 71.3 Å². The summed E-state index contributed by atoms with van der Waals surface area (Å²) in [4.78, 5) is 14.5. The predicted molar refractivity (Wildman–Crippen MR) is 294 cm³/mol. The maximum Gasteiger partial charge on any atom is 0.120 e. The van der Waals surface area contributed by atoms with Gasteiger partial charge in [-0.15, -0.1) is 9.81 Å². The Morgan fingerprint density at radius 3 is 0.578 bits per heavy atom. The van der Waals surface area contributed by atoms with E-state index in [9.17, 15) is 0 Å². The summed E-state index contributed by atoms with van der Waals surface area (Å²) in [7, 11) is -2.74. The van der Waals surface area contributed by atoms with Gasteiger partial charge in [-0.25, -0.2) is 0 Å². The summed E-state index contributed by atoms with van der Waals surface area (Å²) in [5, 5.41) is 16.7. The zero-order chi connectivity index (χ0) is 47.8. The van der Waals surface area contributed by atoms with Gasteiger partial charge in [-0.2, -0.15) is 0 Å². The summed E-state index contributed by atoms with van der Waals surface area (Å²) >= 11 is 0. The van der Waals surface area contributed by atoms with Crippen molar-refractivity contribution in [3.05, 3.63) is 115 Å². The van der Waals surface area contributed by atoms with Crippen LogP contribution in [-0.2, 0) is 33.0 Å². The maximum absolute atomic E-state index is 7.25. The van der Waals surface area contributed by atoms with Crippen LogP contribution < -0.4 is 32.4 Å². The van der Waals surface area contributed by atoms with Gasteiger partial charge in [0, 0.05) is 64.7 Å². The third kappa shape index (κ3) is 18.8. The predicted octanol–water partition coefficient (Wildman–Crippen LogP) is 15.0. The summed E-state index contributed by atoms with van der Waals surface area (Å²) in [6.45, 7) is 47.0. The fourth-order valence-corrected chi connectivity index (χ4v) is 23.0. The number of benzene rings is 4. The van der Waals surface area contributed by atoms with Crippen LogP contribution in [0.3, 0.4) is 0 Å². The number of hydrogen-bond acceptors (Lipinski definition) is 2. The van der Waals surface area contributed by atoms with Crippen LogP contribution in [0.5, 0.6) is 0 Å². The summed E-state index contributed by atoms with van der Waals surface area (Å²) in [6.07, 6.45) is 0. The molecule has 4 rings (SSSR count). The van der Waals surface area contributed by atoms with Gasteiger partial charge < -0.3 is 10.6 Å². The van der Waals surface area contributed by atoms with Gasteiger partial charge in [0.15, 0.2) is 0 Å². The van der Waals surface area contributed by atoms with Gasteiger partial charge in [0.25, 0.3) is 0 Å². The standard InChI is InChI=1S/2C26H40NP2.2NO.2Ni/c2*1-17(2)28(18(3)4)25-15-21(9)11-13-23(25)27-24-14-12-22(10)16-26(24)29(19(5)6)20(7)8;2*1-2;;/h2*11-20H,1-10H3;;;;/q2*-1;;;;/p+4. The number of nitrogens with zero attached hydrogens (tertiary/aromatic N) is 4. The molecule has 4 aromatic rings. The second kappa shape index (κ2) is 31.4. The molecule has 2 radical (unpaired) electrons. The third-order valence-corrected chi connectivity index (χ3v) is 25.4. The molecule has 0 bridgehead atoms. The Labute approximate surface area is 416 Å². The van der Waals surface area contributed by atoms with Crippen LogP contribution in [0, 0.1) is 37.5 Å². The molecular weight excluding hydrogens is 954 g/mol. The van der Waals surface area contributed by atoms with Crippen LogP contribution in [0.25, 0.3) is 10.6 Å². The smallest absolute Gasteiger partial charge is 0.120 e. The number of nitroso groups, excluding NO2 is 2. The molecular formula is C52H84N4Ni2O2P4+2. The molecule has 0 saturated carbocycles. The van der Waals surface area contributed by atoms with Crippen molar-refractivity contribution >= 4 is 75.7 Å². The Kier molecular flexibility index (Phi) is 31.7. The largest absolute Gasteiger partial charge is 0.651 e. The van der Waals surface area contributed by atoms with Crippen molar-refractivity contribution in [2.24, 2.45) is 0 Å². The topological polar surface area (TPSA) is 107 Å². The van der Waals surface area contributed by atoms with Crippen LogP contribution in [0.4, 0.5) is 22.7 Å². The minimum Gasteiger partial charge on any atom is -0.651 e. The molecule has 0 aromatic heterocycles. The summed E-state index contributed by atoms with van der Waals surface area (Å²) in [5.41, 5.74) is 27.2. The quantitative estimate of drug-likeness (QED) is 0.0823. The first-order chi connectivity index (χ1) is 29.0. The first-order valence-corrected chi connectivity index (χ1v) is 29.4. The molecule has 0 N–H and O–H groups in total. The molecule has 0 fully saturated rings. The van der Waals surface area contributed by atoms with Gasteiger partial charge >= 0.3 is 0 Å². The molecule has 0 aliphatic rings. The summed E-state index contributed by atoms with van der Waals surface area (Å²) in [5.74, 6) is 0. The van der Waals surface area contributed by atoms with Crippen LogP contribution in [0.1, 0.15) is 133 Å². The van der Waals surface area contributed by atoms with Crippen molar-refractivity contribution in [1.82, 2.24) is 11.2 Å². The van der Waals surface area contributed by atoms with E-state index in [0.29, 0.717) is 45.3 Å². The van der Waals surface area contributed by atoms with Crippen molar-refractivity contribution < 1.29 is 33.0 Å². The molecule has 0 saturated heterocycles. The molecule has 64 heavy (non-hydrogen) atoms. The molecule has 12 heteroatoms. The minimum absolute atomic E-state index is 0. The minimum atomic E-state index is -0.685. The molecule has 0 aliphatic carbocycles. The molecule has 0 heterocycles.